The molecule has 0 N–H and O–H groups in total. The summed E-state index contributed by atoms with van der Waals surface area (Å²) in [6.07, 6.45) is 3.95. The highest BCUT2D eigenvalue weighted by Gasteiger charge is 2.05. The van der Waals surface area contributed by atoms with Gasteiger partial charge in [0.25, 0.3) is 0 Å². The molecule has 4 heteroatoms. The number of azide groups is 1. The number of aryl methyl sites for hydroxylation is 1. The molecule has 1 aromatic heterocycles. The van der Waals surface area contributed by atoms with Crippen molar-refractivity contribution < 1.29 is 4.57 Å². The first-order valence-corrected chi connectivity index (χ1v) is 4.91. The molecular weight excluding hydrogens is 200 g/mol. The highest BCUT2D eigenvalue weighted by atomic mass is 15.1. The van der Waals surface area contributed by atoms with E-state index in [0.717, 1.165) is 11.1 Å². The second-order valence-electron chi connectivity index (χ2n) is 3.46. The van der Waals surface area contributed by atoms with Crippen LogP contribution >= 0.6 is 0 Å². The van der Waals surface area contributed by atoms with Gasteiger partial charge < -0.3 is 0 Å². The zero-order chi connectivity index (χ0) is 11.4. The van der Waals surface area contributed by atoms with Crippen LogP contribution < -0.4 is 4.57 Å². The van der Waals surface area contributed by atoms with E-state index in [1.54, 1.807) is 0 Å². The Kier molecular flexibility index (Phi) is 2.85. The topological polar surface area (TPSA) is 52.6 Å². The minimum atomic E-state index is 0.649. The predicted octanol–water partition coefficient (Wildman–Crippen LogP) is 3.12. The van der Waals surface area contributed by atoms with E-state index in [0.29, 0.717) is 5.69 Å². The van der Waals surface area contributed by atoms with E-state index in [2.05, 4.69) is 10.0 Å². The number of hydrogen-bond acceptors (Lipinski definition) is 1. The minimum absolute atomic E-state index is 0.649. The van der Waals surface area contributed by atoms with Crippen LogP contribution in [0, 0.1) is 0 Å². The standard InChI is InChI=1S/C12H11N4/c1-16-8-4-5-10(9-16)11-6-2-3-7-12(11)14-15-13/h2-9H,1H3/q+1. The Balaban J connectivity index is 2.59. The second-order valence-corrected chi connectivity index (χ2v) is 3.46. The quantitative estimate of drug-likeness (QED) is 0.317. The third kappa shape index (κ3) is 2.02. The Hall–Kier alpha value is -2.32. The molecule has 0 atom stereocenters. The number of aromatic nitrogens is 1. The number of nitrogens with zero attached hydrogens (tertiary/aromatic N) is 4. The van der Waals surface area contributed by atoms with Gasteiger partial charge in [-0.1, -0.05) is 29.4 Å². The predicted molar refractivity (Wildman–Crippen MR) is 61.9 cm³/mol. The lowest BCUT2D eigenvalue weighted by Crippen LogP contribution is -2.26. The molecule has 0 amide bonds. The van der Waals surface area contributed by atoms with E-state index in [1.165, 1.54) is 0 Å². The lowest BCUT2D eigenvalue weighted by atomic mass is 10.1. The van der Waals surface area contributed by atoms with E-state index in [4.69, 9.17) is 5.53 Å². The molecule has 0 aliphatic carbocycles. The third-order valence-corrected chi connectivity index (χ3v) is 2.31. The lowest BCUT2D eigenvalue weighted by Gasteiger charge is -2.02. The molecule has 0 radical (unpaired) electrons. The van der Waals surface area contributed by atoms with Crippen LogP contribution in [0.4, 0.5) is 5.69 Å². The van der Waals surface area contributed by atoms with Crippen molar-refractivity contribution in [3.05, 3.63) is 59.2 Å². The summed E-state index contributed by atoms with van der Waals surface area (Å²) in [6.45, 7) is 0. The fourth-order valence-corrected chi connectivity index (χ4v) is 1.60. The maximum atomic E-state index is 8.50. The van der Waals surface area contributed by atoms with Crippen molar-refractivity contribution in [2.75, 3.05) is 0 Å². The summed E-state index contributed by atoms with van der Waals surface area (Å²) in [5, 5.41) is 3.68. The van der Waals surface area contributed by atoms with Gasteiger partial charge in [-0.2, -0.15) is 0 Å². The second kappa shape index (κ2) is 4.47. The first-order chi connectivity index (χ1) is 7.81. The van der Waals surface area contributed by atoms with Crippen molar-refractivity contribution in [2.45, 2.75) is 0 Å². The van der Waals surface area contributed by atoms with Crippen molar-refractivity contribution >= 4 is 5.69 Å². The fraction of sp³-hybridized carbons (Fsp3) is 0.0833. The van der Waals surface area contributed by atoms with Crippen LogP contribution in [0.25, 0.3) is 21.6 Å². The van der Waals surface area contributed by atoms with Gasteiger partial charge in [0.2, 0.25) is 0 Å². The number of pyridine rings is 1. The van der Waals surface area contributed by atoms with E-state index < -0.39 is 0 Å². The summed E-state index contributed by atoms with van der Waals surface area (Å²) in [6, 6.07) is 11.5. The Morgan fingerprint density at radius 2 is 2.00 bits per heavy atom. The van der Waals surface area contributed by atoms with Crippen LogP contribution in [0.1, 0.15) is 0 Å². The summed E-state index contributed by atoms with van der Waals surface area (Å²) < 4.78 is 1.96. The smallest absolute Gasteiger partial charge is 0.176 e. The molecule has 0 unspecified atom stereocenters. The van der Waals surface area contributed by atoms with Crippen molar-refractivity contribution in [3.8, 4) is 11.1 Å². The molecule has 4 nitrogen and oxygen atoms in total. The molecule has 0 saturated heterocycles. The van der Waals surface area contributed by atoms with Gasteiger partial charge in [0.05, 0.1) is 0 Å². The van der Waals surface area contributed by atoms with Gasteiger partial charge in [-0.3, -0.25) is 0 Å². The van der Waals surface area contributed by atoms with E-state index >= 15 is 0 Å². The van der Waals surface area contributed by atoms with Crippen molar-refractivity contribution in [1.82, 2.24) is 0 Å². The Morgan fingerprint density at radius 3 is 2.75 bits per heavy atom. The molecule has 0 bridgehead atoms. The Morgan fingerprint density at radius 1 is 1.19 bits per heavy atom. The maximum Gasteiger partial charge on any atom is 0.176 e. The monoisotopic (exact) mass is 211 g/mol. The van der Waals surface area contributed by atoms with E-state index in [9.17, 15) is 0 Å². The number of rotatable bonds is 2. The molecule has 0 saturated carbocycles. The third-order valence-electron chi connectivity index (χ3n) is 2.31. The van der Waals surface area contributed by atoms with Gasteiger partial charge in [-0.15, -0.1) is 0 Å². The molecule has 0 aliphatic rings. The summed E-state index contributed by atoms with van der Waals surface area (Å²) >= 11 is 0. The first-order valence-electron chi connectivity index (χ1n) is 4.91. The molecule has 1 heterocycles. The Labute approximate surface area is 93.4 Å². The summed E-state index contributed by atoms with van der Waals surface area (Å²) in [5.41, 5.74) is 11.1. The minimum Gasteiger partial charge on any atom is -0.207 e. The van der Waals surface area contributed by atoms with Crippen LogP contribution in [-0.2, 0) is 7.05 Å². The maximum absolute atomic E-state index is 8.50. The zero-order valence-corrected chi connectivity index (χ0v) is 8.91. The number of benzene rings is 1. The molecule has 2 rings (SSSR count). The SMILES string of the molecule is C[n+]1cccc(-c2ccccc2N=[N+]=[N-])c1. The molecular formula is C12H11N4+. The molecule has 2 aromatic rings. The van der Waals surface area contributed by atoms with Crippen LogP contribution in [0.2, 0.25) is 0 Å². The van der Waals surface area contributed by atoms with E-state index in [1.807, 2.05) is 60.4 Å². The summed E-state index contributed by atoms with van der Waals surface area (Å²) in [4.78, 5) is 2.83. The molecule has 0 fully saturated rings. The average Bonchev–Trinajstić information content (AvgIpc) is 2.30. The van der Waals surface area contributed by atoms with Crippen molar-refractivity contribution in [2.24, 2.45) is 12.2 Å². The summed E-state index contributed by atoms with van der Waals surface area (Å²) in [5.74, 6) is 0. The van der Waals surface area contributed by atoms with Gasteiger partial charge in [-0.25, -0.2) is 4.57 Å². The van der Waals surface area contributed by atoms with Crippen LogP contribution in [0.5, 0.6) is 0 Å². The molecule has 16 heavy (non-hydrogen) atoms. The van der Waals surface area contributed by atoms with Gasteiger partial charge >= 0.3 is 0 Å². The molecule has 0 aliphatic heterocycles. The fourth-order valence-electron chi connectivity index (χ4n) is 1.60. The highest BCUT2D eigenvalue weighted by Crippen LogP contribution is 2.28. The van der Waals surface area contributed by atoms with Gasteiger partial charge in [0, 0.05) is 22.2 Å². The Bertz CT molecular complexity index is 556. The van der Waals surface area contributed by atoms with Gasteiger partial charge in [-0.05, 0) is 17.2 Å². The molecule has 78 valence electrons. The zero-order valence-electron chi connectivity index (χ0n) is 8.91. The van der Waals surface area contributed by atoms with Crippen LogP contribution in [-0.4, -0.2) is 0 Å². The van der Waals surface area contributed by atoms with Crippen molar-refractivity contribution in [3.63, 3.8) is 0 Å². The molecule has 1 aromatic carbocycles. The lowest BCUT2D eigenvalue weighted by molar-refractivity contribution is -0.671. The van der Waals surface area contributed by atoms with E-state index in [-0.39, 0.29) is 0 Å². The van der Waals surface area contributed by atoms with Crippen LogP contribution in [0.15, 0.2) is 53.9 Å². The highest BCUT2D eigenvalue weighted by molar-refractivity contribution is 5.74. The van der Waals surface area contributed by atoms with Gasteiger partial charge in [0.15, 0.2) is 12.4 Å². The van der Waals surface area contributed by atoms with Crippen molar-refractivity contribution in [1.29, 1.82) is 0 Å². The summed E-state index contributed by atoms with van der Waals surface area (Å²) in [7, 11) is 1.96. The normalized spacial score (nSPS) is 9.56. The van der Waals surface area contributed by atoms with Gasteiger partial charge in [0.1, 0.15) is 7.05 Å². The number of hydrogen-bond donors (Lipinski definition) is 0. The largest absolute Gasteiger partial charge is 0.207 e. The average molecular weight is 211 g/mol. The van der Waals surface area contributed by atoms with Crippen LogP contribution in [0.3, 0.4) is 0 Å². The molecule has 0 spiro atoms. The first kappa shape index (κ1) is 10.2.